The van der Waals surface area contributed by atoms with E-state index in [1.165, 1.54) is 20.8 Å². The predicted octanol–water partition coefficient (Wildman–Crippen LogP) is -4.04. The minimum Gasteiger partial charge on any atom is -0.394 e. The lowest BCUT2D eigenvalue weighted by Crippen LogP contribution is -2.71. The number of aliphatic hydroxyl groups is 8. The van der Waals surface area contributed by atoms with E-state index in [0.29, 0.717) is 0 Å². The van der Waals surface area contributed by atoms with Crippen LogP contribution in [0.25, 0.3) is 0 Å². The Morgan fingerprint density at radius 1 is 0.649 bits per heavy atom. The second-order valence-electron chi connectivity index (χ2n) is 10.9. The van der Waals surface area contributed by atoms with Crippen LogP contribution in [0.3, 0.4) is 0 Å². The molecular formula is C23H40O14. The molecule has 0 aliphatic carbocycles. The van der Waals surface area contributed by atoms with Crippen molar-refractivity contribution in [3.05, 3.63) is 0 Å². The van der Waals surface area contributed by atoms with Crippen LogP contribution in [-0.4, -0.2) is 152 Å². The Kier molecular flexibility index (Phi) is 8.57. The van der Waals surface area contributed by atoms with Gasteiger partial charge < -0.3 is 69.3 Å². The fourth-order valence-electron chi connectivity index (χ4n) is 5.73. The summed E-state index contributed by atoms with van der Waals surface area (Å²) in [6.45, 7) is 2.12. The first kappa shape index (κ1) is 29.4. The third kappa shape index (κ3) is 5.18. The molecule has 8 saturated heterocycles. The van der Waals surface area contributed by atoms with Crippen LogP contribution in [0.1, 0.15) is 27.2 Å². The molecule has 0 saturated carbocycles. The molecule has 8 rings (SSSR count). The highest BCUT2D eigenvalue weighted by molar-refractivity contribution is 5.04. The first-order valence-corrected chi connectivity index (χ1v) is 12.5. The molecule has 8 fully saturated rings. The highest BCUT2D eigenvalue weighted by Crippen LogP contribution is 2.42. The quantitative estimate of drug-likeness (QED) is 0.171. The summed E-state index contributed by atoms with van der Waals surface area (Å²) >= 11 is 0. The Balaban J connectivity index is 1.75. The molecule has 0 aromatic heterocycles. The molecule has 14 heteroatoms. The van der Waals surface area contributed by atoms with Crippen LogP contribution in [0.15, 0.2) is 0 Å². The van der Waals surface area contributed by atoms with Gasteiger partial charge in [-0.05, 0) is 27.2 Å². The van der Waals surface area contributed by atoms with Crippen LogP contribution in [0, 0.1) is 5.92 Å². The van der Waals surface area contributed by atoms with E-state index in [-0.39, 0.29) is 19.6 Å². The Morgan fingerprint density at radius 2 is 1.16 bits per heavy atom. The van der Waals surface area contributed by atoms with Gasteiger partial charge in [-0.3, -0.25) is 0 Å². The van der Waals surface area contributed by atoms with Gasteiger partial charge in [-0.15, -0.1) is 0 Å². The smallest absolute Gasteiger partial charge is 0.195 e. The molecule has 8 aliphatic heterocycles. The molecule has 8 N–H and O–H groups in total. The molecule has 0 radical (unpaired) electrons. The minimum atomic E-state index is -2.06. The van der Waals surface area contributed by atoms with Crippen LogP contribution in [0.4, 0.5) is 0 Å². The van der Waals surface area contributed by atoms with E-state index in [1.54, 1.807) is 0 Å². The van der Waals surface area contributed by atoms with Crippen molar-refractivity contribution in [3.63, 3.8) is 0 Å². The molecule has 216 valence electrons. The molecule has 14 nitrogen and oxygen atoms in total. The second-order valence-corrected chi connectivity index (χ2v) is 10.9. The van der Waals surface area contributed by atoms with E-state index in [0.717, 1.165) is 0 Å². The van der Waals surface area contributed by atoms with Crippen molar-refractivity contribution < 1.29 is 69.3 Å². The summed E-state index contributed by atoms with van der Waals surface area (Å²) in [5.74, 6) is -4.32. The topological polar surface area (TPSA) is 217 Å². The van der Waals surface area contributed by atoms with E-state index >= 15 is 0 Å². The standard InChI is InChI=1S/C23H40O14/c1-21-9-32-8-10-4-14(27)22(2,34-11(10)5-24)36-18-13(7-26)35-23(3,20(31)16(18)29)37-17(12(6-25)33-21)15(28)19(21)30/h10-20,24-31H,4-9H2,1-3H3/t10-,11?,12?,13?,14?,15-,16+,17+,18+,19?,20?,21-,22-,23-/m1/s1. The third-order valence-electron chi connectivity index (χ3n) is 8.07. The number of fused-ring (bicyclic) bond motifs is 1. The Hall–Kier alpha value is -0.560. The molecular weight excluding hydrogens is 500 g/mol. The van der Waals surface area contributed by atoms with E-state index in [2.05, 4.69) is 0 Å². The SMILES string of the molecule is C[C@@]12OC(CO)[C@@H](COC[C@@]3(C)OC(CO)[C@H](O[C@@]4(C)OC(CO)[C@H](O1)[C@H](O)C4O)[C@@H](O)C3O)CC2O. The van der Waals surface area contributed by atoms with Crippen LogP contribution in [0.2, 0.25) is 0 Å². The van der Waals surface area contributed by atoms with Crippen molar-refractivity contribution in [3.8, 4) is 0 Å². The molecule has 8 aliphatic rings. The highest BCUT2D eigenvalue weighted by atomic mass is 16.8. The van der Waals surface area contributed by atoms with Gasteiger partial charge >= 0.3 is 0 Å². The first-order valence-electron chi connectivity index (χ1n) is 12.5. The van der Waals surface area contributed by atoms with Crippen LogP contribution >= 0.6 is 0 Å². The fraction of sp³-hybridized carbons (Fsp3) is 1.00. The molecule has 6 bridgehead atoms. The number of hydrogen-bond donors (Lipinski definition) is 8. The van der Waals surface area contributed by atoms with Crippen molar-refractivity contribution in [1.82, 2.24) is 0 Å². The highest BCUT2D eigenvalue weighted by Gasteiger charge is 2.60. The lowest BCUT2D eigenvalue weighted by atomic mass is 9.85. The van der Waals surface area contributed by atoms with Crippen molar-refractivity contribution in [2.75, 3.05) is 33.0 Å². The number of aliphatic hydroxyl groups excluding tert-OH is 8. The largest absolute Gasteiger partial charge is 0.394 e. The summed E-state index contributed by atoms with van der Waals surface area (Å²) in [4.78, 5) is 0. The molecule has 0 aromatic rings. The van der Waals surface area contributed by atoms with Crippen molar-refractivity contribution in [2.24, 2.45) is 5.92 Å². The van der Waals surface area contributed by atoms with Gasteiger partial charge in [0.1, 0.15) is 60.5 Å². The zero-order valence-electron chi connectivity index (χ0n) is 21.1. The maximum absolute atomic E-state index is 11.0. The number of hydrogen-bond acceptors (Lipinski definition) is 14. The summed E-state index contributed by atoms with van der Waals surface area (Å²) < 4.78 is 35.3. The van der Waals surface area contributed by atoms with Crippen molar-refractivity contribution >= 4 is 0 Å². The van der Waals surface area contributed by atoms with Gasteiger partial charge in [-0.2, -0.15) is 0 Å². The second kappa shape index (κ2) is 10.8. The molecule has 37 heavy (non-hydrogen) atoms. The minimum absolute atomic E-state index is 0.0188. The van der Waals surface area contributed by atoms with Crippen molar-refractivity contribution in [2.45, 2.75) is 105 Å². The molecule has 0 spiro atoms. The van der Waals surface area contributed by atoms with E-state index in [1.807, 2.05) is 0 Å². The molecule has 6 unspecified atom stereocenters. The van der Waals surface area contributed by atoms with Gasteiger partial charge in [0.15, 0.2) is 11.6 Å². The molecule has 14 atom stereocenters. The molecule has 0 amide bonds. The summed E-state index contributed by atoms with van der Waals surface area (Å²) in [6.07, 6.45) is -14.1. The van der Waals surface area contributed by atoms with E-state index < -0.39 is 104 Å². The van der Waals surface area contributed by atoms with E-state index in [4.69, 9.17) is 28.4 Å². The Morgan fingerprint density at radius 3 is 1.76 bits per heavy atom. The van der Waals surface area contributed by atoms with Crippen LogP contribution in [0.5, 0.6) is 0 Å². The number of rotatable bonds is 3. The zero-order chi connectivity index (χ0) is 27.3. The van der Waals surface area contributed by atoms with Crippen LogP contribution < -0.4 is 0 Å². The fourth-order valence-corrected chi connectivity index (χ4v) is 5.73. The summed E-state index contributed by atoms with van der Waals surface area (Å²) in [5.41, 5.74) is -1.49. The third-order valence-corrected chi connectivity index (χ3v) is 8.07. The Labute approximate surface area is 214 Å². The monoisotopic (exact) mass is 540 g/mol. The summed E-state index contributed by atoms with van der Waals surface area (Å²) in [6, 6.07) is 0. The lowest BCUT2D eigenvalue weighted by Gasteiger charge is -2.54. The zero-order valence-corrected chi connectivity index (χ0v) is 21.1. The van der Waals surface area contributed by atoms with Gasteiger partial charge in [-0.1, -0.05) is 0 Å². The van der Waals surface area contributed by atoms with Gasteiger partial charge in [0, 0.05) is 5.92 Å². The predicted molar refractivity (Wildman–Crippen MR) is 120 cm³/mol. The van der Waals surface area contributed by atoms with Gasteiger partial charge in [-0.25, -0.2) is 0 Å². The first-order chi connectivity index (χ1) is 17.3. The lowest BCUT2D eigenvalue weighted by molar-refractivity contribution is -0.419. The van der Waals surface area contributed by atoms with Gasteiger partial charge in [0.05, 0.1) is 39.1 Å². The summed E-state index contributed by atoms with van der Waals surface area (Å²) in [7, 11) is 0. The van der Waals surface area contributed by atoms with Crippen molar-refractivity contribution in [1.29, 1.82) is 0 Å². The summed E-state index contributed by atoms with van der Waals surface area (Å²) in [5, 5.41) is 85.0. The average Bonchev–Trinajstić information content (AvgIpc) is 2.86. The van der Waals surface area contributed by atoms with Gasteiger partial charge in [0.2, 0.25) is 0 Å². The number of ether oxygens (including phenoxy) is 6. The molecule has 0 aromatic carbocycles. The normalized spacial score (nSPS) is 55.4. The maximum Gasteiger partial charge on any atom is 0.195 e. The molecule has 8 heterocycles. The van der Waals surface area contributed by atoms with Gasteiger partial charge in [0.25, 0.3) is 0 Å². The maximum atomic E-state index is 11.0. The van der Waals surface area contributed by atoms with Crippen LogP contribution in [-0.2, 0) is 28.4 Å². The average molecular weight is 541 g/mol. The van der Waals surface area contributed by atoms with E-state index in [9.17, 15) is 40.9 Å². The Bertz CT molecular complexity index is 785.